The Hall–Kier alpha value is -3.06. The molecule has 1 amide bonds. The SMILES string of the molecule is COc1cc(C)c(C(C)NC(=O)c2c(-c3c(F)cccc3Cl)noc2C)cc1OC. The van der Waals surface area contributed by atoms with E-state index >= 15 is 0 Å². The summed E-state index contributed by atoms with van der Waals surface area (Å²) in [7, 11) is 3.11. The van der Waals surface area contributed by atoms with Crippen LogP contribution in [0.25, 0.3) is 11.3 Å². The summed E-state index contributed by atoms with van der Waals surface area (Å²) in [5.41, 5.74) is 1.98. The molecule has 0 spiro atoms. The van der Waals surface area contributed by atoms with Crippen molar-refractivity contribution < 1.29 is 23.2 Å². The van der Waals surface area contributed by atoms with Crippen LogP contribution < -0.4 is 14.8 Å². The van der Waals surface area contributed by atoms with Crippen molar-refractivity contribution >= 4 is 17.5 Å². The molecular formula is C22H22ClFN2O4. The van der Waals surface area contributed by atoms with E-state index in [2.05, 4.69) is 10.5 Å². The number of halogens is 2. The lowest BCUT2D eigenvalue weighted by Gasteiger charge is -2.19. The van der Waals surface area contributed by atoms with Crippen LogP contribution in [0.1, 0.15) is 40.2 Å². The Morgan fingerprint density at radius 2 is 1.87 bits per heavy atom. The number of amides is 1. The van der Waals surface area contributed by atoms with Crippen LogP contribution >= 0.6 is 11.6 Å². The summed E-state index contributed by atoms with van der Waals surface area (Å²) in [6.07, 6.45) is 0. The van der Waals surface area contributed by atoms with Gasteiger partial charge in [0.2, 0.25) is 0 Å². The number of methoxy groups -OCH3 is 2. The number of aryl methyl sites for hydroxylation is 2. The van der Waals surface area contributed by atoms with Crippen LogP contribution in [-0.4, -0.2) is 25.3 Å². The zero-order valence-electron chi connectivity index (χ0n) is 17.3. The van der Waals surface area contributed by atoms with E-state index in [0.717, 1.165) is 11.1 Å². The Kier molecular flexibility index (Phi) is 6.31. The molecule has 0 saturated heterocycles. The maximum absolute atomic E-state index is 14.4. The molecule has 2 aromatic carbocycles. The van der Waals surface area contributed by atoms with Crippen molar-refractivity contribution in [3.8, 4) is 22.8 Å². The van der Waals surface area contributed by atoms with Gasteiger partial charge < -0.3 is 19.3 Å². The summed E-state index contributed by atoms with van der Waals surface area (Å²) in [4.78, 5) is 13.1. The molecule has 1 N–H and O–H groups in total. The molecule has 1 aromatic heterocycles. The van der Waals surface area contributed by atoms with Gasteiger partial charge in [-0.1, -0.05) is 22.8 Å². The number of rotatable bonds is 6. The molecule has 1 atom stereocenters. The number of benzene rings is 2. The first-order valence-corrected chi connectivity index (χ1v) is 9.60. The van der Waals surface area contributed by atoms with Gasteiger partial charge in [0, 0.05) is 0 Å². The molecule has 0 saturated carbocycles. The maximum Gasteiger partial charge on any atom is 0.257 e. The molecule has 0 bridgehead atoms. The zero-order valence-corrected chi connectivity index (χ0v) is 18.1. The number of hydrogen-bond acceptors (Lipinski definition) is 5. The monoisotopic (exact) mass is 432 g/mol. The maximum atomic E-state index is 14.4. The summed E-state index contributed by atoms with van der Waals surface area (Å²) in [5, 5.41) is 6.94. The van der Waals surface area contributed by atoms with Gasteiger partial charge in [0.15, 0.2) is 11.5 Å². The number of aromatic nitrogens is 1. The molecular weight excluding hydrogens is 411 g/mol. The van der Waals surface area contributed by atoms with E-state index in [-0.39, 0.29) is 33.6 Å². The van der Waals surface area contributed by atoms with Crippen molar-refractivity contribution in [2.45, 2.75) is 26.8 Å². The quantitative estimate of drug-likeness (QED) is 0.575. The van der Waals surface area contributed by atoms with E-state index in [9.17, 15) is 9.18 Å². The summed E-state index contributed by atoms with van der Waals surface area (Å²) in [6, 6.07) is 7.54. The third kappa shape index (κ3) is 3.98. The minimum absolute atomic E-state index is 0.0242. The highest BCUT2D eigenvalue weighted by Gasteiger charge is 2.27. The first kappa shape index (κ1) is 21.6. The Balaban J connectivity index is 1.96. The van der Waals surface area contributed by atoms with Gasteiger partial charge in [-0.25, -0.2) is 4.39 Å². The van der Waals surface area contributed by atoms with E-state index < -0.39 is 11.7 Å². The van der Waals surface area contributed by atoms with Gasteiger partial charge in [-0.3, -0.25) is 4.79 Å². The molecule has 6 nitrogen and oxygen atoms in total. The third-order valence-electron chi connectivity index (χ3n) is 4.88. The fourth-order valence-corrected chi connectivity index (χ4v) is 3.60. The highest BCUT2D eigenvalue weighted by atomic mass is 35.5. The molecule has 1 heterocycles. The number of nitrogens with one attached hydrogen (secondary N) is 1. The normalized spacial score (nSPS) is 11.8. The van der Waals surface area contributed by atoms with Crippen molar-refractivity contribution in [3.63, 3.8) is 0 Å². The third-order valence-corrected chi connectivity index (χ3v) is 5.19. The second kappa shape index (κ2) is 8.75. The molecule has 3 rings (SSSR count). The van der Waals surface area contributed by atoms with Gasteiger partial charge in [0.05, 0.1) is 30.8 Å². The lowest BCUT2D eigenvalue weighted by molar-refractivity contribution is 0.0938. The first-order valence-electron chi connectivity index (χ1n) is 9.22. The summed E-state index contributed by atoms with van der Waals surface area (Å²) in [6.45, 7) is 5.34. The van der Waals surface area contributed by atoms with E-state index in [4.69, 9.17) is 25.6 Å². The van der Waals surface area contributed by atoms with Crippen molar-refractivity contribution in [1.29, 1.82) is 0 Å². The van der Waals surface area contributed by atoms with Gasteiger partial charge in [0.25, 0.3) is 5.91 Å². The minimum Gasteiger partial charge on any atom is -0.493 e. The van der Waals surface area contributed by atoms with Crippen molar-refractivity contribution in [1.82, 2.24) is 10.5 Å². The van der Waals surface area contributed by atoms with Crippen LogP contribution in [0.2, 0.25) is 5.02 Å². The average molecular weight is 433 g/mol. The topological polar surface area (TPSA) is 73.6 Å². The standard InChI is InChI=1S/C22H22ClFN2O4/c1-11-9-17(28-4)18(29-5)10-14(11)12(2)25-22(27)19-13(3)30-26-21(19)20-15(23)7-6-8-16(20)24/h6-10,12H,1-5H3,(H,25,27). The Morgan fingerprint density at radius 3 is 2.50 bits per heavy atom. The van der Waals surface area contributed by atoms with Crippen molar-refractivity contribution in [2.75, 3.05) is 14.2 Å². The summed E-state index contributed by atoms with van der Waals surface area (Å²) in [5.74, 6) is 0.374. The van der Waals surface area contributed by atoms with Crippen molar-refractivity contribution in [2.24, 2.45) is 0 Å². The molecule has 3 aromatic rings. The predicted octanol–water partition coefficient (Wildman–Crippen LogP) is 5.26. The lowest BCUT2D eigenvalue weighted by atomic mass is 10.00. The number of ether oxygens (including phenoxy) is 2. The number of hydrogen-bond donors (Lipinski definition) is 1. The largest absolute Gasteiger partial charge is 0.493 e. The highest BCUT2D eigenvalue weighted by molar-refractivity contribution is 6.33. The number of carbonyl (C=O) groups excluding carboxylic acids is 1. The number of carbonyl (C=O) groups is 1. The average Bonchev–Trinajstić information content (AvgIpc) is 3.08. The van der Waals surface area contributed by atoms with Gasteiger partial charge in [-0.2, -0.15) is 0 Å². The zero-order chi connectivity index (χ0) is 22.0. The van der Waals surface area contributed by atoms with Gasteiger partial charge >= 0.3 is 0 Å². The minimum atomic E-state index is -0.589. The predicted molar refractivity (Wildman–Crippen MR) is 112 cm³/mol. The van der Waals surface area contributed by atoms with Crippen LogP contribution in [0.4, 0.5) is 4.39 Å². The molecule has 8 heteroatoms. The summed E-state index contributed by atoms with van der Waals surface area (Å²) >= 11 is 6.16. The van der Waals surface area contributed by atoms with E-state index in [1.165, 1.54) is 18.2 Å². The smallest absolute Gasteiger partial charge is 0.257 e. The fraction of sp³-hybridized carbons (Fsp3) is 0.273. The van der Waals surface area contributed by atoms with Crippen LogP contribution in [0.15, 0.2) is 34.9 Å². The second-order valence-electron chi connectivity index (χ2n) is 6.82. The van der Waals surface area contributed by atoms with Gasteiger partial charge in [-0.05, 0) is 56.2 Å². The fourth-order valence-electron chi connectivity index (χ4n) is 3.34. The van der Waals surface area contributed by atoms with E-state index in [1.54, 1.807) is 21.1 Å². The van der Waals surface area contributed by atoms with Gasteiger partial charge in [0.1, 0.15) is 22.8 Å². The lowest BCUT2D eigenvalue weighted by Crippen LogP contribution is -2.28. The second-order valence-corrected chi connectivity index (χ2v) is 7.23. The van der Waals surface area contributed by atoms with Crippen LogP contribution in [0, 0.1) is 19.7 Å². The molecule has 0 aliphatic carbocycles. The summed E-state index contributed by atoms with van der Waals surface area (Å²) < 4.78 is 30.3. The Morgan fingerprint density at radius 1 is 1.20 bits per heavy atom. The molecule has 1 unspecified atom stereocenters. The number of nitrogens with zero attached hydrogens (tertiary/aromatic N) is 1. The first-order chi connectivity index (χ1) is 14.3. The van der Waals surface area contributed by atoms with Crippen LogP contribution in [0.3, 0.4) is 0 Å². The van der Waals surface area contributed by atoms with Crippen molar-refractivity contribution in [3.05, 3.63) is 63.6 Å². The Labute approximate surface area is 178 Å². The van der Waals surface area contributed by atoms with Crippen LogP contribution in [0.5, 0.6) is 11.5 Å². The highest BCUT2D eigenvalue weighted by Crippen LogP contribution is 2.35. The Bertz CT molecular complexity index is 1080. The molecule has 0 aliphatic heterocycles. The van der Waals surface area contributed by atoms with Gasteiger partial charge in [-0.15, -0.1) is 0 Å². The molecule has 0 fully saturated rings. The van der Waals surface area contributed by atoms with E-state index in [0.29, 0.717) is 11.5 Å². The molecule has 30 heavy (non-hydrogen) atoms. The molecule has 0 radical (unpaired) electrons. The molecule has 158 valence electrons. The van der Waals surface area contributed by atoms with Crippen LogP contribution in [-0.2, 0) is 0 Å². The molecule has 0 aliphatic rings. The van der Waals surface area contributed by atoms with E-state index in [1.807, 2.05) is 26.0 Å².